The van der Waals surface area contributed by atoms with Crippen LogP contribution in [0.1, 0.15) is 239 Å². The molecule has 0 amide bonds. The lowest BCUT2D eigenvalue weighted by atomic mass is 10.0. The molecule has 0 aromatic heterocycles. The summed E-state index contributed by atoms with van der Waals surface area (Å²) in [6, 6.07) is 0. The smallest absolute Gasteiger partial charge is 0.361 e. The van der Waals surface area contributed by atoms with Crippen LogP contribution < -0.4 is 0 Å². The monoisotopic (exact) mass is 983 g/mol. The summed E-state index contributed by atoms with van der Waals surface area (Å²) in [5, 5.41) is 9.68. The molecule has 0 aromatic carbocycles. The number of carbonyl (C=O) groups excluding carboxylic acids is 2. The van der Waals surface area contributed by atoms with Gasteiger partial charge in [0.15, 0.2) is 6.10 Å². The predicted octanol–water partition coefficient (Wildman–Crippen LogP) is 16.6. The minimum atomic E-state index is -1.51. The average molecular weight is 984 g/mol. The van der Waals surface area contributed by atoms with E-state index in [1.54, 1.807) is 0 Å². The van der Waals surface area contributed by atoms with Crippen LogP contribution in [0.4, 0.5) is 0 Å². The van der Waals surface area contributed by atoms with Gasteiger partial charge in [-0.1, -0.05) is 215 Å². The third kappa shape index (κ3) is 52.6. The molecule has 0 radical (unpaired) electrons. The second kappa shape index (κ2) is 52.1. The van der Waals surface area contributed by atoms with Gasteiger partial charge in [-0.15, -0.1) is 0 Å². The number of allylic oxidation sites excluding steroid dienone is 12. The Morgan fingerprint density at radius 1 is 0.443 bits per heavy atom. The molecular formula is C61H108NO8+. The Morgan fingerprint density at radius 3 is 1.23 bits per heavy atom. The number of carboxylic acid groups (broad SMARTS) is 1. The molecule has 0 aliphatic rings. The molecule has 9 heteroatoms. The van der Waals surface area contributed by atoms with Crippen molar-refractivity contribution in [1.82, 2.24) is 0 Å². The molecule has 0 aliphatic heterocycles. The van der Waals surface area contributed by atoms with E-state index in [1.807, 2.05) is 21.1 Å². The Morgan fingerprint density at radius 2 is 0.814 bits per heavy atom. The van der Waals surface area contributed by atoms with E-state index in [0.29, 0.717) is 17.4 Å². The van der Waals surface area contributed by atoms with E-state index in [9.17, 15) is 19.5 Å². The first-order chi connectivity index (χ1) is 34.1. The number of carboxylic acids is 1. The van der Waals surface area contributed by atoms with E-state index >= 15 is 0 Å². The van der Waals surface area contributed by atoms with Gasteiger partial charge in [-0.25, -0.2) is 4.79 Å². The summed E-state index contributed by atoms with van der Waals surface area (Å²) >= 11 is 0. The quantitative estimate of drug-likeness (QED) is 0.0211. The van der Waals surface area contributed by atoms with Crippen LogP contribution in [-0.2, 0) is 33.3 Å². The van der Waals surface area contributed by atoms with Crippen molar-refractivity contribution in [2.75, 3.05) is 47.5 Å². The molecule has 0 rings (SSSR count). The van der Waals surface area contributed by atoms with Crippen LogP contribution in [0.15, 0.2) is 72.9 Å². The SMILES string of the molecule is CC/C=C\C/C=C\C/C=C\C/C=C\C/C=C\CCCCCCCCCCCCCCCCCCCC(=O)OC(COC(=O)CCCCCCC/C=C\CCCCC)COC(OCC[N+](C)(C)C)C(=O)O. The first kappa shape index (κ1) is 66.7. The van der Waals surface area contributed by atoms with Gasteiger partial charge >= 0.3 is 17.9 Å². The number of nitrogens with zero attached hydrogens (tertiary/aromatic N) is 1. The van der Waals surface area contributed by atoms with E-state index in [4.69, 9.17) is 18.9 Å². The normalized spacial score (nSPS) is 13.3. The van der Waals surface area contributed by atoms with Gasteiger partial charge in [-0.2, -0.15) is 0 Å². The van der Waals surface area contributed by atoms with Crippen molar-refractivity contribution in [1.29, 1.82) is 0 Å². The molecule has 0 aliphatic carbocycles. The van der Waals surface area contributed by atoms with Gasteiger partial charge in [0.05, 0.1) is 34.4 Å². The summed E-state index contributed by atoms with van der Waals surface area (Å²) in [6.07, 6.45) is 64.2. The number of aliphatic carboxylic acids is 1. The standard InChI is InChI=1S/C61H107NO8/c1-6-8-10-12-14-16-18-20-21-22-23-24-25-26-27-28-29-30-31-32-33-34-35-36-37-38-39-40-42-44-46-48-50-52-59(64)70-57(56-69-61(60(65)66)67-54-53-62(3,4)5)55-68-58(63)51-49-47-45-43-41-19-17-15-13-11-9-7-2/h8,10,14-17,20-21,23-24,26-27,57,61H,6-7,9,11-13,18-19,22,25,28-56H2,1-5H3/p+1/b10-8-,16-14-,17-15-,21-20-,24-23-,27-26-. The molecule has 70 heavy (non-hydrogen) atoms. The third-order valence-corrected chi connectivity index (χ3v) is 12.2. The van der Waals surface area contributed by atoms with Crippen LogP contribution in [0.5, 0.6) is 0 Å². The van der Waals surface area contributed by atoms with Gasteiger partial charge in [0.1, 0.15) is 13.2 Å². The molecule has 0 bridgehead atoms. The zero-order chi connectivity index (χ0) is 51.3. The zero-order valence-electron chi connectivity index (χ0n) is 45.9. The number of quaternary nitrogens is 1. The number of likely N-dealkylation sites (N-methyl/N-ethyl adjacent to an activating group) is 1. The first-order valence-corrected chi connectivity index (χ1v) is 28.6. The minimum absolute atomic E-state index is 0.185. The maximum Gasteiger partial charge on any atom is 0.361 e. The molecule has 2 unspecified atom stereocenters. The highest BCUT2D eigenvalue weighted by molar-refractivity contribution is 5.71. The van der Waals surface area contributed by atoms with Crippen molar-refractivity contribution in [3.63, 3.8) is 0 Å². The van der Waals surface area contributed by atoms with E-state index in [0.717, 1.165) is 89.9 Å². The summed E-state index contributed by atoms with van der Waals surface area (Å²) < 4.78 is 22.8. The lowest BCUT2D eigenvalue weighted by molar-refractivity contribution is -0.870. The van der Waals surface area contributed by atoms with E-state index in [-0.39, 0.29) is 32.2 Å². The van der Waals surface area contributed by atoms with Crippen LogP contribution in [0.25, 0.3) is 0 Å². The summed E-state index contributed by atoms with van der Waals surface area (Å²) in [5.41, 5.74) is 0. The fourth-order valence-corrected chi connectivity index (χ4v) is 7.80. The van der Waals surface area contributed by atoms with Gasteiger partial charge in [0.25, 0.3) is 6.29 Å². The number of esters is 2. The predicted molar refractivity (Wildman–Crippen MR) is 295 cm³/mol. The molecule has 404 valence electrons. The second-order valence-electron chi connectivity index (χ2n) is 20.2. The molecule has 0 saturated heterocycles. The van der Waals surface area contributed by atoms with Gasteiger partial charge in [0, 0.05) is 12.8 Å². The minimum Gasteiger partial charge on any atom is -0.477 e. The van der Waals surface area contributed by atoms with Crippen molar-refractivity contribution >= 4 is 17.9 Å². The molecule has 9 nitrogen and oxygen atoms in total. The van der Waals surface area contributed by atoms with E-state index < -0.39 is 24.3 Å². The number of rotatable bonds is 52. The number of hydrogen-bond donors (Lipinski definition) is 1. The molecule has 1 N–H and O–H groups in total. The summed E-state index contributed by atoms with van der Waals surface area (Å²) in [7, 11) is 5.96. The number of carbonyl (C=O) groups is 3. The Hall–Kier alpha value is -3.27. The van der Waals surface area contributed by atoms with Gasteiger partial charge in [-0.05, 0) is 83.5 Å². The molecule has 0 spiro atoms. The third-order valence-electron chi connectivity index (χ3n) is 12.2. The Balaban J connectivity index is 4.09. The van der Waals surface area contributed by atoms with E-state index in [1.165, 1.54) is 122 Å². The Bertz CT molecular complexity index is 1380. The lowest BCUT2D eigenvalue weighted by Gasteiger charge is -2.25. The first-order valence-electron chi connectivity index (χ1n) is 28.6. The molecular weight excluding hydrogens is 875 g/mol. The largest absolute Gasteiger partial charge is 0.477 e. The highest BCUT2D eigenvalue weighted by Gasteiger charge is 2.25. The van der Waals surface area contributed by atoms with Gasteiger partial charge in [-0.3, -0.25) is 9.59 Å². The molecule has 0 aromatic rings. The molecule has 0 fully saturated rings. The number of ether oxygens (including phenoxy) is 4. The lowest BCUT2D eigenvalue weighted by Crippen LogP contribution is -2.40. The average Bonchev–Trinajstić information content (AvgIpc) is 3.33. The Kier molecular flexibility index (Phi) is 49.6. The van der Waals surface area contributed by atoms with Crippen LogP contribution >= 0.6 is 0 Å². The molecule has 0 heterocycles. The highest BCUT2D eigenvalue weighted by Crippen LogP contribution is 2.16. The topological polar surface area (TPSA) is 108 Å². The van der Waals surface area contributed by atoms with Gasteiger partial charge in [0.2, 0.25) is 0 Å². The van der Waals surface area contributed by atoms with Crippen LogP contribution in [0, 0.1) is 0 Å². The van der Waals surface area contributed by atoms with Crippen molar-refractivity contribution in [3.05, 3.63) is 72.9 Å². The van der Waals surface area contributed by atoms with Crippen LogP contribution in [0.2, 0.25) is 0 Å². The van der Waals surface area contributed by atoms with Crippen molar-refractivity contribution in [2.45, 2.75) is 251 Å². The number of unbranched alkanes of at least 4 members (excludes halogenated alkanes) is 25. The van der Waals surface area contributed by atoms with Crippen LogP contribution in [0.3, 0.4) is 0 Å². The molecule has 2 atom stereocenters. The fourth-order valence-electron chi connectivity index (χ4n) is 7.80. The van der Waals surface area contributed by atoms with Crippen LogP contribution in [-0.4, -0.2) is 87.4 Å². The maximum atomic E-state index is 12.8. The van der Waals surface area contributed by atoms with Gasteiger partial charge < -0.3 is 28.5 Å². The summed E-state index contributed by atoms with van der Waals surface area (Å²) in [6.45, 7) is 4.73. The zero-order valence-corrected chi connectivity index (χ0v) is 45.9. The number of hydrogen-bond acceptors (Lipinski definition) is 7. The summed E-state index contributed by atoms with van der Waals surface area (Å²) in [4.78, 5) is 37.3. The summed E-state index contributed by atoms with van der Waals surface area (Å²) in [5.74, 6) is -2.01. The Labute approximate surface area is 430 Å². The second-order valence-corrected chi connectivity index (χ2v) is 20.2. The van der Waals surface area contributed by atoms with Crippen molar-refractivity contribution < 1.29 is 42.9 Å². The maximum absolute atomic E-state index is 12.8. The van der Waals surface area contributed by atoms with E-state index in [2.05, 4.69) is 86.8 Å². The van der Waals surface area contributed by atoms with Crippen molar-refractivity contribution in [2.24, 2.45) is 0 Å². The van der Waals surface area contributed by atoms with Crippen molar-refractivity contribution in [3.8, 4) is 0 Å². The highest BCUT2D eigenvalue weighted by atomic mass is 16.7. The molecule has 0 saturated carbocycles. The fraction of sp³-hybridized carbons (Fsp3) is 0.754.